The number of benzene rings is 3. The molecule has 1 N–H and O–H groups in total. The number of ether oxygens (including phenoxy) is 1. The largest absolute Gasteiger partial charge is 0.497 e. The summed E-state index contributed by atoms with van der Waals surface area (Å²) in [6.07, 6.45) is 0.660. The van der Waals surface area contributed by atoms with E-state index in [-0.39, 0.29) is 18.2 Å². The average Bonchev–Trinajstić information content (AvgIpc) is 2.83. The Labute approximate surface area is 196 Å². The van der Waals surface area contributed by atoms with E-state index in [2.05, 4.69) is 5.32 Å². The highest BCUT2D eigenvalue weighted by molar-refractivity contribution is 5.88. The SMILES string of the molecule is CCNC(=O)[C@@H](Cc1ccccc1)N(Cc1ccc(C)cc1)C(=O)Cc1ccc(OC)cc1. The van der Waals surface area contributed by atoms with Crippen molar-refractivity contribution < 1.29 is 14.3 Å². The molecule has 0 heterocycles. The van der Waals surface area contributed by atoms with Crippen molar-refractivity contribution in [2.24, 2.45) is 0 Å². The van der Waals surface area contributed by atoms with Gasteiger partial charge >= 0.3 is 0 Å². The number of hydrogen-bond donors (Lipinski definition) is 1. The third-order valence-electron chi connectivity index (χ3n) is 5.61. The van der Waals surface area contributed by atoms with Gasteiger partial charge in [0.05, 0.1) is 13.5 Å². The number of likely N-dealkylation sites (N-methyl/N-ethyl adjacent to an activating group) is 1. The van der Waals surface area contributed by atoms with E-state index in [1.165, 1.54) is 0 Å². The number of rotatable bonds is 10. The molecule has 0 saturated carbocycles. The quantitative estimate of drug-likeness (QED) is 0.507. The molecule has 0 aliphatic rings. The van der Waals surface area contributed by atoms with Crippen molar-refractivity contribution in [3.63, 3.8) is 0 Å². The fraction of sp³-hybridized carbons (Fsp3) is 0.286. The number of amides is 2. The fourth-order valence-electron chi connectivity index (χ4n) is 3.76. The highest BCUT2D eigenvalue weighted by atomic mass is 16.5. The zero-order chi connectivity index (χ0) is 23.6. The second-order valence-corrected chi connectivity index (χ2v) is 8.13. The summed E-state index contributed by atoms with van der Waals surface area (Å²) >= 11 is 0. The van der Waals surface area contributed by atoms with Crippen molar-refractivity contribution in [1.29, 1.82) is 0 Å². The van der Waals surface area contributed by atoms with E-state index < -0.39 is 6.04 Å². The molecule has 3 aromatic rings. The molecule has 172 valence electrons. The summed E-state index contributed by atoms with van der Waals surface area (Å²) in [6.45, 7) is 4.79. The Hall–Kier alpha value is -3.60. The molecule has 0 unspecified atom stereocenters. The van der Waals surface area contributed by atoms with Gasteiger partial charge in [-0.2, -0.15) is 0 Å². The van der Waals surface area contributed by atoms with Gasteiger partial charge in [0.2, 0.25) is 11.8 Å². The lowest BCUT2D eigenvalue weighted by molar-refractivity contribution is -0.140. The number of nitrogens with one attached hydrogen (secondary N) is 1. The van der Waals surface area contributed by atoms with Crippen molar-refractivity contribution in [3.05, 3.63) is 101 Å². The highest BCUT2D eigenvalue weighted by Crippen LogP contribution is 2.18. The van der Waals surface area contributed by atoms with Crippen LogP contribution < -0.4 is 10.1 Å². The van der Waals surface area contributed by atoms with E-state index in [1.54, 1.807) is 12.0 Å². The third-order valence-corrected chi connectivity index (χ3v) is 5.61. The minimum absolute atomic E-state index is 0.0899. The van der Waals surface area contributed by atoms with Crippen LogP contribution >= 0.6 is 0 Å². The summed E-state index contributed by atoms with van der Waals surface area (Å²) in [5.41, 5.74) is 4.04. The number of aryl methyl sites for hydroxylation is 1. The van der Waals surface area contributed by atoms with E-state index in [9.17, 15) is 9.59 Å². The summed E-state index contributed by atoms with van der Waals surface area (Å²) in [5.74, 6) is 0.511. The lowest BCUT2D eigenvalue weighted by atomic mass is 10.0. The van der Waals surface area contributed by atoms with Gasteiger partial charge in [0.1, 0.15) is 11.8 Å². The first kappa shape index (κ1) is 24.1. The Balaban J connectivity index is 1.92. The van der Waals surface area contributed by atoms with E-state index in [1.807, 2.05) is 92.7 Å². The smallest absolute Gasteiger partial charge is 0.243 e. The van der Waals surface area contributed by atoms with Crippen LogP contribution in [0.2, 0.25) is 0 Å². The van der Waals surface area contributed by atoms with E-state index >= 15 is 0 Å². The molecule has 0 aliphatic heterocycles. The summed E-state index contributed by atoms with van der Waals surface area (Å²) in [6, 6.07) is 24.8. The van der Waals surface area contributed by atoms with Gasteiger partial charge in [-0.05, 0) is 42.7 Å². The molecule has 5 nitrogen and oxygen atoms in total. The number of carbonyl (C=O) groups is 2. The van der Waals surface area contributed by atoms with Crippen LogP contribution in [-0.4, -0.2) is 36.4 Å². The maximum absolute atomic E-state index is 13.6. The van der Waals surface area contributed by atoms with Crippen LogP contribution in [0.1, 0.15) is 29.2 Å². The van der Waals surface area contributed by atoms with E-state index in [4.69, 9.17) is 4.74 Å². The Bertz CT molecular complexity index is 1030. The van der Waals surface area contributed by atoms with Crippen molar-refractivity contribution in [3.8, 4) is 5.75 Å². The molecule has 0 aromatic heterocycles. The number of hydrogen-bond acceptors (Lipinski definition) is 3. The van der Waals surface area contributed by atoms with Crippen molar-refractivity contribution in [2.45, 2.75) is 39.3 Å². The first-order valence-corrected chi connectivity index (χ1v) is 11.3. The predicted molar refractivity (Wildman–Crippen MR) is 131 cm³/mol. The van der Waals surface area contributed by atoms with Crippen LogP contribution in [0, 0.1) is 6.92 Å². The maximum Gasteiger partial charge on any atom is 0.243 e. The monoisotopic (exact) mass is 444 g/mol. The Kier molecular flexibility index (Phi) is 8.64. The summed E-state index contributed by atoms with van der Waals surface area (Å²) in [5, 5.41) is 2.93. The predicted octanol–water partition coefficient (Wildman–Crippen LogP) is 4.32. The Morgan fingerprint density at radius 1 is 0.879 bits per heavy atom. The summed E-state index contributed by atoms with van der Waals surface area (Å²) in [4.78, 5) is 28.5. The molecule has 3 aromatic carbocycles. The van der Waals surface area contributed by atoms with Gasteiger partial charge in [-0.3, -0.25) is 9.59 Å². The fourth-order valence-corrected chi connectivity index (χ4v) is 3.76. The normalized spacial score (nSPS) is 11.5. The average molecular weight is 445 g/mol. The Morgan fingerprint density at radius 2 is 1.52 bits per heavy atom. The standard InChI is InChI=1S/C28H32N2O3/c1-4-29-28(32)26(18-22-8-6-5-7-9-22)30(20-24-12-10-21(2)11-13-24)27(31)19-23-14-16-25(33-3)17-15-23/h5-17,26H,4,18-20H2,1-3H3,(H,29,32)/t26-/m1/s1. The van der Waals surface area contributed by atoms with Crippen molar-refractivity contribution in [1.82, 2.24) is 10.2 Å². The van der Waals surface area contributed by atoms with Crippen LogP contribution in [-0.2, 0) is 29.0 Å². The number of methoxy groups -OCH3 is 1. The summed E-state index contributed by atoms with van der Waals surface area (Å²) < 4.78 is 5.22. The topological polar surface area (TPSA) is 58.6 Å². The first-order chi connectivity index (χ1) is 16.0. The number of carbonyl (C=O) groups excluding carboxylic acids is 2. The van der Waals surface area contributed by atoms with E-state index in [0.717, 1.165) is 28.0 Å². The van der Waals surface area contributed by atoms with Crippen molar-refractivity contribution >= 4 is 11.8 Å². The molecule has 0 fully saturated rings. The zero-order valence-corrected chi connectivity index (χ0v) is 19.6. The molecule has 0 bridgehead atoms. The maximum atomic E-state index is 13.6. The van der Waals surface area contributed by atoms with Gasteiger partial charge in [0.25, 0.3) is 0 Å². The Morgan fingerprint density at radius 3 is 2.12 bits per heavy atom. The molecule has 3 rings (SSSR count). The third kappa shape index (κ3) is 6.94. The van der Waals surface area contributed by atoms with E-state index in [0.29, 0.717) is 19.5 Å². The van der Waals surface area contributed by atoms with Gasteiger partial charge < -0.3 is 15.0 Å². The van der Waals surface area contributed by atoms with Crippen LogP contribution in [0.25, 0.3) is 0 Å². The second-order valence-electron chi connectivity index (χ2n) is 8.13. The van der Waals surface area contributed by atoms with Gasteiger partial charge in [-0.1, -0.05) is 72.3 Å². The van der Waals surface area contributed by atoms with Gasteiger partial charge in [-0.25, -0.2) is 0 Å². The molecule has 2 amide bonds. The minimum Gasteiger partial charge on any atom is -0.497 e. The molecule has 5 heteroatoms. The molecule has 1 atom stereocenters. The highest BCUT2D eigenvalue weighted by Gasteiger charge is 2.30. The van der Waals surface area contributed by atoms with Crippen LogP contribution in [0.3, 0.4) is 0 Å². The first-order valence-electron chi connectivity index (χ1n) is 11.3. The zero-order valence-electron chi connectivity index (χ0n) is 19.6. The van der Waals surface area contributed by atoms with Gasteiger partial charge in [-0.15, -0.1) is 0 Å². The van der Waals surface area contributed by atoms with Gasteiger partial charge in [0, 0.05) is 19.5 Å². The van der Waals surface area contributed by atoms with Crippen LogP contribution in [0.4, 0.5) is 0 Å². The van der Waals surface area contributed by atoms with Gasteiger partial charge in [0.15, 0.2) is 0 Å². The second kappa shape index (κ2) is 11.9. The summed E-state index contributed by atoms with van der Waals surface area (Å²) in [7, 11) is 1.62. The molecular formula is C28H32N2O3. The van der Waals surface area contributed by atoms with Crippen LogP contribution in [0.5, 0.6) is 5.75 Å². The molecule has 0 saturated heterocycles. The molecule has 0 spiro atoms. The minimum atomic E-state index is -0.612. The lowest BCUT2D eigenvalue weighted by Gasteiger charge is -2.31. The van der Waals surface area contributed by atoms with Crippen LogP contribution in [0.15, 0.2) is 78.9 Å². The lowest BCUT2D eigenvalue weighted by Crippen LogP contribution is -2.50. The number of nitrogens with zero attached hydrogens (tertiary/aromatic N) is 1. The van der Waals surface area contributed by atoms with Crippen molar-refractivity contribution in [2.75, 3.05) is 13.7 Å². The molecule has 0 radical (unpaired) electrons. The molecular weight excluding hydrogens is 412 g/mol. The molecule has 0 aliphatic carbocycles. The molecule has 33 heavy (non-hydrogen) atoms.